The molecule has 13 heavy (non-hydrogen) atoms. The fourth-order valence-corrected chi connectivity index (χ4v) is 2.01. The van der Waals surface area contributed by atoms with Gasteiger partial charge >= 0.3 is 0 Å². The molecule has 0 aliphatic rings. The van der Waals surface area contributed by atoms with Gasteiger partial charge in [0.1, 0.15) is 5.38 Å². The molecule has 0 N–H and O–H groups in total. The Balaban J connectivity index is 4.17. The molecule has 3 nitrogen and oxygen atoms in total. The van der Waals surface area contributed by atoms with E-state index < -0.39 is 16.2 Å². The van der Waals surface area contributed by atoms with Gasteiger partial charge in [0.2, 0.25) is 5.91 Å². The predicted octanol–water partition coefficient (Wildman–Crippen LogP) is 0.839. The van der Waals surface area contributed by atoms with Crippen LogP contribution >= 0.6 is 11.6 Å². The minimum absolute atomic E-state index is 0.0282. The maximum absolute atomic E-state index is 11.4. The first-order valence-electron chi connectivity index (χ1n) is 4.07. The number of hydrogen-bond donors (Lipinski definition) is 0. The minimum Gasteiger partial charge on any atom is -0.341 e. The van der Waals surface area contributed by atoms with E-state index in [4.69, 9.17) is 11.6 Å². The van der Waals surface area contributed by atoms with E-state index in [1.807, 2.05) is 6.92 Å². The fraction of sp³-hybridized carbons (Fsp3) is 0.875. The predicted molar refractivity (Wildman–Crippen MR) is 56.5 cm³/mol. The monoisotopic (exact) mass is 225 g/mol. The third-order valence-corrected chi connectivity index (χ3v) is 2.96. The molecule has 0 saturated carbocycles. The Labute approximate surface area is 86.9 Å². The first kappa shape index (κ1) is 12.9. The van der Waals surface area contributed by atoms with Crippen molar-refractivity contribution in [2.75, 3.05) is 19.1 Å². The first-order valence-corrected chi connectivity index (χ1v) is 6.23. The second-order valence-corrected chi connectivity index (χ2v) is 5.29. The van der Waals surface area contributed by atoms with E-state index in [-0.39, 0.29) is 11.9 Å². The van der Waals surface area contributed by atoms with Crippen molar-refractivity contribution in [3.63, 3.8) is 0 Å². The van der Waals surface area contributed by atoms with Crippen molar-refractivity contribution in [2.24, 2.45) is 0 Å². The molecule has 0 aromatic heterocycles. The van der Waals surface area contributed by atoms with Crippen LogP contribution in [0.25, 0.3) is 0 Å². The van der Waals surface area contributed by atoms with Crippen molar-refractivity contribution < 1.29 is 9.00 Å². The van der Waals surface area contributed by atoms with Gasteiger partial charge in [0.25, 0.3) is 0 Å². The molecule has 0 fully saturated rings. The molecular weight excluding hydrogens is 210 g/mol. The van der Waals surface area contributed by atoms with Crippen LogP contribution in [0.3, 0.4) is 0 Å². The average molecular weight is 226 g/mol. The van der Waals surface area contributed by atoms with E-state index in [1.54, 1.807) is 25.1 Å². The summed E-state index contributed by atoms with van der Waals surface area (Å²) in [4.78, 5) is 12.9. The fourth-order valence-electron chi connectivity index (χ4n) is 0.949. The molecule has 0 bridgehead atoms. The molecular formula is C8H16ClNO2S. The Morgan fingerprint density at radius 1 is 1.54 bits per heavy atom. The van der Waals surface area contributed by atoms with Crippen LogP contribution in [0.4, 0.5) is 0 Å². The zero-order chi connectivity index (χ0) is 10.6. The highest BCUT2D eigenvalue weighted by atomic mass is 35.5. The van der Waals surface area contributed by atoms with Gasteiger partial charge in [-0.25, -0.2) is 0 Å². The van der Waals surface area contributed by atoms with Gasteiger partial charge in [-0.15, -0.1) is 11.6 Å². The van der Waals surface area contributed by atoms with Crippen LogP contribution in [-0.2, 0) is 15.6 Å². The molecule has 0 aliphatic carbocycles. The summed E-state index contributed by atoms with van der Waals surface area (Å²) in [6, 6.07) is -0.0282. The van der Waals surface area contributed by atoms with Gasteiger partial charge in [-0.05, 0) is 13.8 Å². The second-order valence-electron chi connectivity index (χ2n) is 3.15. The van der Waals surface area contributed by atoms with E-state index >= 15 is 0 Å². The van der Waals surface area contributed by atoms with Crippen LogP contribution in [0.1, 0.15) is 13.8 Å². The Morgan fingerprint density at radius 2 is 2.00 bits per heavy atom. The van der Waals surface area contributed by atoms with E-state index in [2.05, 4.69) is 0 Å². The molecule has 5 heteroatoms. The van der Waals surface area contributed by atoms with Crippen molar-refractivity contribution in [1.29, 1.82) is 0 Å². The molecule has 0 heterocycles. The second kappa shape index (κ2) is 5.60. The normalized spacial score (nSPS) is 17.6. The Bertz CT molecular complexity index is 208. The van der Waals surface area contributed by atoms with Crippen molar-refractivity contribution >= 4 is 28.3 Å². The van der Waals surface area contributed by atoms with Crippen molar-refractivity contribution in [1.82, 2.24) is 4.90 Å². The number of halogens is 1. The van der Waals surface area contributed by atoms with Crippen LogP contribution < -0.4 is 0 Å². The lowest BCUT2D eigenvalue weighted by atomic mass is 10.3. The first-order chi connectivity index (χ1) is 5.86. The molecule has 0 aromatic carbocycles. The smallest absolute Gasteiger partial charge is 0.240 e. The van der Waals surface area contributed by atoms with Crippen LogP contribution in [0, 0.1) is 0 Å². The van der Waals surface area contributed by atoms with Crippen LogP contribution in [0.2, 0.25) is 0 Å². The average Bonchev–Trinajstić information content (AvgIpc) is 2.00. The number of carbonyl (C=O) groups excluding carboxylic acids is 1. The maximum Gasteiger partial charge on any atom is 0.240 e. The van der Waals surface area contributed by atoms with Gasteiger partial charge in [0.15, 0.2) is 0 Å². The zero-order valence-electron chi connectivity index (χ0n) is 8.41. The van der Waals surface area contributed by atoms with Gasteiger partial charge < -0.3 is 4.90 Å². The number of amides is 1. The van der Waals surface area contributed by atoms with Gasteiger partial charge in [-0.1, -0.05) is 0 Å². The maximum atomic E-state index is 11.4. The Kier molecular flexibility index (Phi) is 5.56. The van der Waals surface area contributed by atoms with Crippen molar-refractivity contribution in [3.05, 3.63) is 0 Å². The standard InChI is InChI=1S/C8H16ClNO2S/c1-6(5-13(4)12)10(3)8(11)7(2)9/h6-7H,5H2,1-4H3. The molecule has 78 valence electrons. The third-order valence-electron chi connectivity index (χ3n) is 1.82. The van der Waals surface area contributed by atoms with E-state index in [1.165, 1.54) is 0 Å². The number of nitrogens with zero attached hydrogens (tertiary/aromatic N) is 1. The highest BCUT2D eigenvalue weighted by Gasteiger charge is 2.20. The molecule has 1 amide bonds. The van der Waals surface area contributed by atoms with E-state index in [9.17, 15) is 9.00 Å². The molecule has 0 aromatic rings. The molecule has 0 saturated heterocycles. The summed E-state index contributed by atoms with van der Waals surface area (Å²) in [6.45, 7) is 3.49. The lowest BCUT2D eigenvalue weighted by molar-refractivity contribution is -0.130. The highest BCUT2D eigenvalue weighted by Crippen LogP contribution is 2.04. The zero-order valence-corrected chi connectivity index (χ0v) is 9.98. The number of alkyl halides is 1. The number of carbonyl (C=O) groups is 1. The summed E-state index contributed by atoms with van der Waals surface area (Å²) in [5.74, 6) is 0.367. The van der Waals surface area contributed by atoms with Gasteiger partial charge in [0, 0.05) is 35.9 Å². The molecule has 0 spiro atoms. The molecule has 0 rings (SSSR count). The Hall–Kier alpha value is -0.0900. The lowest BCUT2D eigenvalue weighted by Crippen LogP contribution is -2.41. The largest absolute Gasteiger partial charge is 0.341 e. The van der Waals surface area contributed by atoms with Crippen molar-refractivity contribution in [2.45, 2.75) is 25.3 Å². The summed E-state index contributed by atoms with van der Waals surface area (Å²) in [6.07, 6.45) is 1.62. The number of hydrogen-bond acceptors (Lipinski definition) is 2. The van der Waals surface area contributed by atoms with Crippen LogP contribution in [-0.4, -0.2) is 45.5 Å². The van der Waals surface area contributed by atoms with Crippen LogP contribution in [0.5, 0.6) is 0 Å². The Morgan fingerprint density at radius 3 is 2.31 bits per heavy atom. The molecule has 0 radical (unpaired) electrons. The van der Waals surface area contributed by atoms with Gasteiger partial charge in [0.05, 0.1) is 0 Å². The molecule has 3 unspecified atom stereocenters. The third kappa shape index (κ3) is 4.62. The van der Waals surface area contributed by atoms with Gasteiger partial charge in [-0.3, -0.25) is 9.00 Å². The topological polar surface area (TPSA) is 37.4 Å². The summed E-state index contributed by atoms with van der Waals surface area (Å²) < 4.78 is 10.9. The van der Waals surface area contributed by atoms with Gasteiger partial charge in [-0.2, -0.15) is 0 Å². The summed E-state index contributed by atoms with van der Waals surface area (Å²) in [7, 11) is 0.796. The highest BCUT2D eigenvalue weighted by molar-refractivity contribution is 7.84. The molecule has 3 atom stereocenters. The summed E-state index contributed by atoms with van der Waals surface area (Å²) >= 11 is 5.64. The summed E-state index contributed by atoms with van der Waals surface area (Å²) in [5, 5.41) is -0.516. The SMILES string of the molecule is CC(Cl)C(=O)N(C)C(C)CS(C)=O. The van der Waals surface area contributed by atoms with Crippen LogP contribution in [0.15, 0.2) is 0 Å². The lowest BCUT2D eigenvalue weighted by Gasteiger charge is -2.25. The van der Waals surface area contributed by atoms with Crippen molar-refractivity contribution in [3.8, 4) is 0 Å². The van der Waals surface area contributed by atoms with E-state index in [0.717, 1.165) is 0 Å². The summed E-state index contributed by atoms with van der Waals surface area (Å²) in [5.41, 5.74) is 0. The minimum atomic E-state index is -0.883. The van der Waals surface area contributed by atoms with E-state index in [0.29, 0.717) is 5.75 Å². The quantitative estimate of drug-likeness (QED) is 0.665. The molecule has 0 aliphatic heterocycles. The number of rotatable bonds is 4.